The van der Waals surface area contributed by atoms with Gasteiger partial charge in [0, 0.05) is 30.1 Å². The second-order valence-electron chi connectivity index (χ2n) is 10.3. The summed E-state index contributed by atoms with van der Waals surface area (Å²) in [5.74, 6) is -0.466. The number of rotatable bonds is 14. The maximum absolute atomic E-state index is 13.7. The zero-order valence-electron chi connectivity index (χ0n) is 25.5. The first-order chi connectivity index (χ1) is 21.8. The summed E-state index contributed by atoms with van der Waals surface area (Å²) in [7, 11) is 1.56. The van der Waals surface area contributed by atoms with E-state index in [0.29, 0.717) is 17.9 Å². The van der Waals surface area contributed by atoms with Gasteiger partial charge < -0.3 is 36.9 Å². The van der Waals surface area contributed by atoms with Gasteiger partial charge in [0.25, 0.3) is 0 Å². The van der Waals surface area contributed by atoms with Gasteiger partial charge in [0.1, 0.15) is 24.4 Å². The fourth-order valence-electron chi connectivity index (χ4n) is 4.76. The zero-order chi connectivity index (χ0) is 32.0. The zero-order valence-corrected chi connectivity index (χ0v) is 26.3. The van der Waals surface area contributed by atoms with Gasteiger partial charge in [0.15, 0.2) is 5.96 Å². The van der Waals surface area contributed by atoms with Crippen LogP contribution in [-0.4, -0.2) is 49.6 Å². The summed E-state index contributed by atoms with van der Waals surface area (Å²) in [6, 6.07) is 27.7. The normalized spacial score (nSPS) is 11.7. The quantitative estimate of drug-likeness (QED) is 0.0773. The molecule has 0 aliphatic rings. The van der Waals surface area contributed by atoms with Gasteiger partial charge in [0.2, 0.25) is 11.8 Å². The topological polar surface area (TPSA) is 170 Å². The number of nitrogens with two attached hydrogens (primary N) is 2. The lowest BCUT2D eigenvalue weighted by Gasteiger charge is -2.23. The fourth-order valence-corrected chi connectivity index (χ4v) is 4.76. The molecule has 0 aromatic heterocycles. The number of fused-ring (bicyclic) bond motifs is 1. The molecule has 0 saturated heterocycles. The maximum atomic E-state index is 13.7. The molecule has 0 saturated carbocycles. The summed E-state index contributed by atoms with van der Waals surface area (Å²) in [5, 5.41) is 10.2. The number of nitrogens with zero attached hydrogens (tertiary/aromatic N) is 1. The van der Waals surface area contributed by atoms with Crippen LogP contribution in [0.2, 0.25) is 0 Å². The average Bonchev–Trinajstić information content (AvgIpc) is 3.05. The van der Waals surface area contributed by atoms with E-state index in [1.165, 1.54) is 0 Å². The highest BCUT2D eigenvalue weighted by molar-refractivity contribution is 6.01. The minimum atomic E-state index is -1.02. The Morgan fingerprint density at radius 3 is 2.13 bits per heavy atom. The molecule has 0 unspecified atom stereocenters. The number of amides is 3. The molecular formula is C34H39ClN6O5. The van der Waals surface area contributed by atoms with Gasteiger partial charge in [-0.2, -0.15) is 0 Å². The van der Waals surface area contributed by atoms with E-state index in [4.69, 9.17) is 20.9 Å². The molecule has 0 bridgehead atoms. The van der Waals surface area contributed by atoms with Crippen molar-refractivity contribution in [2.75, 3.05) is 19.0 Å². The van der Waals surface area contributed by atoms with E-state index in [1.807, 2.05) is 91.0 Å². The predicted octanol–water partition coefficient (Wildman–Crippen LogP) is 4.28. The number of benzene rings is 4. The highest BCUT2D eigenvalue weighted by Crippen LogP contribution is 2.30. The lowest BCUT2D eigenvalue weighted by Crippen LogP contribution is -2.53. The van der Waals surface area contributed by atoms with Gasteiger partial charge in [-0.1, -0.05) is 84.9 Å². The molecule has 4 rings (SSSR count). The Hall–Kier alpha value is -5.29. The minimum Gasteiger partial charge on any atom is -0.496 e. The minimum absolute atomic E-state index is 0. The van der Waals surface area contributed by atoms with Gasteiger partial charge in [-0.25, -0.2) is 4.79 Å². The van der Waals surface area contributed by atoms with E-state index >= 15 is 0 Å². The van der Waals surface area contributed by atoms with Crippen LogP contribution in [0.25, 0.3) is 10.8 Å². The molecule has 46 heavy (non-hydrogen) atoms. The van der Waals surface area contributed by atoms with Crippen LogP contribution in [0, 0.1) is 0 Å². The number of aliphatic imine (C=N–C) groups is 1. The number of hydrogen-bond acceptors (Lipinski definition) is 6. The van der Waals surface area contributed by atoms with E-state index in [2.05, 4.69) is 20.9 Å². The number of carbonyl (C=O) groups is 3. The van der Waals surface area contributed by atoms with Crippen molar-refractivity contribution in [3.05, 3.63) is 108 Å². The molecule has 11 nitrogen and oxygen atoms in total. The Kier molecular flexibility index (Phi) is 13.7. The molecule has 0 spiro atoms. The first kappa shape index (κ1) is 35.2. The highest BCUT2D eigenvalue weighted by Gasteiger charge is 2.28. The molecule has 2 atom stereocenters. The summed E-state index contributed by atoms with van der Waals surface area (Å²) in [6.45, 7) is 0.306. The van der Waals surface area contributed by atoms with Crippen LogP contribution < -0.4 is 32.2 Å². The van der Waals surface area contributed by atoms with Crippen LogP contribution in [-0.2, 0) is 27.4 Å². The number of anilines is 1. The molecule has 4 aromatic rings. The SMILES string of the molecule is COc1cc(NC(=O)[C@H](CCCN=C(N)N)NC(=O)[C@H](Cc2ccccc2)NC(=O)OCc2ccccc2)cc2ccccc12.Cl. The summed E-state index contributed by atoms with van der Waals surface area (Å²) in [5.41, 5.74) is 13.0. The van der Waals surface area contributed by atoms with Crippen molar-refractivity contribution >= 4 is 52.7 Å². The Bertz CT molecular complexity index is 1620. The number of methoxy groups -OCH3 is 1. The van der Waals surface area contributed by atoms with E-state index in [-0.39, 0.29) is 44.4 Å². The molecule has 0 fully saturated rings. The van der Waals surface area contributed by atoms with Crippen LogP contribution in [0.1, 0.15) is 24.0 Å². The van der Waals surface area contributed by atoms with Gasteiger partial charge in [-0.15, -0.1) is 12.4 Å². The van der Waals surface area contributed by atoms with Gasteiger partial charge in [-0.3, -0.25) is 14.6 Å². The number of ether oxygens (including phenoxy) is 2. The predicted molar refractivity (Wildman–Crippen MR) is 182 cm³/mol. The molecule has 12 heteroatoms. The molecule has 3 amide bonds. The number of alkyl carbamates (subject to hydrolysis) is 1. The third kappa shape index (κ3) is 10.7. The second kappa shape index (κ2) is 17.9. The second-order valence-corrected chi connectivity index (χ2v) is 10.3. The first-order valence-corrected chi connectivity index (χ1v) is 14.6. The Labute approximate surface area is 274 Å². The van der Waals surface area contributed by atoms with E-state index in [9.17, 15) is 14.4 Å². The number of halogens is 1. The number of nitrogens with one attached hydrogen (secondary N) is 3. The third-order valence-corrected chi connectivity index (χ3v) is 6.99. The Morgan fingerprint density at radius 2 is 1.46 bits per heavy atom. The summed E-state index contributed by atoms with van der Waals surface area (Å²) in [4.78, 5) is 44.1. The first-order valence-electron chi connectivity index (χ1n) is 14.6. The number of hydrogen-bond donors (Lipinski definition) is 5. The van der Waals surface area contributed by atoms with Crippen LogP contribution in [0.4, 0.5) is 10.5 Å². The number of guanidine groups is 1. The molecule has 0 aliphatic carbocycles. The fraction of sp³-hybridized carbons (Fsp3) is 0.235. The van der Waals surface area contributed by atoms with E-state index in [0.717, 1.165) is 21.9 Å². The van der Waals surface area contributed by atoms with Crippen molar-refractivity contribution in [2.45, 2.75) is 38.0 Å². The van der Waals surface area contributed by atoms with E-state index in [1.54, 1.807) is 13.2 Å². The molecule has 0 radical (unpaired) electrons. The molecule has 7 N–H and O–H groups in total. The summed E-state index contributed by atoms with van der Waals surface area (Å²) < 4.78 is 10.9. The third-order valence-electron chi connectivity index (χ3n) is 6.99. The Balaban J connectivity index is 0.00000576. The van der Waals surface area contributed by atoms with Crippen molar-refractivity contribution < 1.29 is 23.9 Å². The van der Waals surface area contributed by atoms with Crippen LogP contribution in [0.5, 0.6) is 5.75 Å². The summed E-state index contributed by atoms with van der Waals surface area (Å²) >= 11 is 0. The molecule has 4 aromatic carbocycles. The molecule has 0 heterocycles. The van der Waals surface area contributed by atoms with Crippen LogP contribution in [0.3, 0.4) is 0 Å². The molecular weight excluding hydrogens is 608 g/mol. The van der Waals surface area contributed by atoms with Crippen molar-refractivity contribution in [3.63, 3.8) is 0 Å². The van der Waals surface area contributed by atoms with E-state index < -0.39 is 30.0 Å². The highest BCUT2D eigenvalue weighted by atomic mass is 35.5. The van der Waals surface area contributed by atoms with Crippen LogP contribution >= 0.6 is 12.4 Å². The molecule has 0 aliphatic heterocycles. The van der Waals surface area contributed by atoms with Gasteiger partial charge >= 0.3 is 6.09 Å². The average molecular weight is 647 g/mol. The van der Waals surface area contributed by atoms with Crippen LogP contribution in [0.15, 0.2) is 102 Å². The van der Waals surface area contributed by atoms with Crippen molar-refractivity contribution in [1.82, 2.24) is 10.6 Å². The lowest BCUT2D eigenvalue weighted by atomic mass is 10.0. The molecule has 242 valence electrons. The smallest absolute Gasteiger partial charge is 0.408 e. The van der Waals surface area contributed by atoms with Crippen molar-refractivity contribution in [3.8, 4) is 5.75 Å². The lowest BCUT2D eigenvalue weighted by molar-refractivity contribution is -0.128. The summed E-state index contributed by atoms with van der Waals surface area (Å²) in [6.07, 6.45) is 0.0621. The standard InChI is InChI=1S/C34H38N6O5.ClH/c1-44-30-21-26(20-25-15-8-9-16-27(25)30)38-31(41)28(17-10-18-37-33(35)36)39-32(42)29(19-23-11-4-2-5-12-23)40-34(43)45-22-24-13-6-3-7-14-24;/h2-9,11-16,20-21,28-29H,10,17-19,22H2,1H3,(H,38,41)(H,39,42)(H,40,43)(H4,35,36,37);1H/t28-,29-;/m0./s1. The Morgan fingerprint density at radius 1 is 0.804 bits per heavy atom. The van der Waals surface area contributed by atoms with Crippen molar-refractivity contribution in [2.24, 2.45) is 16.5 Å². The van der Waals surface area contributed by atoms with Gasteiger partial charge in [0.05, 0.1) is 7.11 Å². The monoisotopic (exact) mass is 646 g/mol. The largest absolute Gasteiger partial charge is 0.496 e. The maximum Gasteiger partial charge on any atom is 0.408 e. The van der Waals surface area contributed by atoms with Crippen molar-refractivity contribution in [1.29, 1.82) is 0 Å². The van der Waals surface area contributed by atoms with Gasteiger partial charge in [-0.05, 0) is 35.4 Å². The number of carbonyl (C=O) groups excluding carboxylic acids is 3.